The summed E-state index contributed by atoms with van der Waals surface area (Å²) in [5, 5.41) is 10.2. The number of benzene rings is 2. The van der Waals surface area contributed by atoms with Crippen LogP contribution in [0.5, 0.6) is 5.75 Å². The molecule has 1 aliphatic carbocycles. The first-order chi connectivity index (χ1) is 16.6. The first-order valence-corrected chi connectivity index (χ1v) is 11.7. The number of nitrogens with zero attached hydrogens (tertiary/aromatic N) is 3. The molecule has 0 amide bonds. The van der Waals surface area contributed by atoms with Gasteiger partial charge in [0.05, 0.1) is 17.2 Å². The van der Waals surface area contributed by atoms with Crippen molar-refractivity contribution in [1.82, 2.24) is 19.7 Å². The molecule has 9 heteroatoms. The third-order valence-electron chi connectivity index (χ3n) is 6.59. The molecule has 1 fully saturated rings. The van der Waals surface area contributed by atoms with Crippen molar-refractivity contribution >= 4 is 22.7 Å². The van der Waals surface area contributed by atoms with Gasteiger partial charge in [-0.05, 0) is 72.6 Å². The van der Waals surface area contributed by atoms with E-state index in [9.17, 15) is 13.2 Å². The van der Waals surface area contributed by atoms with Crippen LogP contribution in [0.4, 0.5) is 24.8 Å². The van der Waals surface area contributed by atoms with Gasteiger partial charge in [-0.2, -0.15) is 5.10 Å². The molecule has 184 valence electrons. The molecule has 1 aliphatic rings. The Balaban J connectivity index is 1.54. The van der Waals surface area contributed by atoms with Gasteiger partial charge in [-0.15, -0.1) is 13.2 Å². The van der Waals surface area contributed by atoms with Crippen LogP contribution in [-0.2, 0) is 0 Å². The van der Waals surface area contributed by atoms with Gasteiger partial charge in [-0.25, -0.2) is 4.98 Å². The highest BCUT2D eigenvalue weighted by Gasteiger charge is 2.35. The van der Waals surface area contributed by atoms with E-state index in [4.69, 9.17) is 4.98 Å². The van der Waals surface area contributed by atoms with E-state index in [1.54, 1.807) is 18.3 Å². The lowest BCUT2D eigenvalue weighted by atomic mass is 9.70. The van der Waals surface area contributed by atoms with Crippen molar-refractivity contribution in [3.8, 4) is 16.9 Å². The highest BCUT2D eigenvalue weighted by atomic mass is 19.4. The minimum atomic E-state index is -4.72. The smallest absolute Gasteiger partial charge is 0.406 e. The second-order valence-electron chi connectivity index (χ2n) is 10.3. The van der Waals surface area contributed by atoms with Crippen molar-refractivity contribution < 1.29 is 17.9 Å². The van der Waals surface area contributed by atoms with E-state index in [0.717, 1.165) is 35.0 Å². The summed E-state index contributed by atoms with van der Waals surface area (Å²) in [6, 6.07) is 12.2. The third-order valence-corrected chi connectivity index (χ3v) is 6.59. The molecule has 0 radical (unpaired) electrons. The molecule has 0 spiro atoms. The van der Waals surface area contributed by atoms with Crippen LogP contribution in [0.2, 0.25) is 0 Å². The first kappa shape index (κ1) is 23.3. The van der Waals surface area contributed by atoms with Crippen molar-refractivity contribution in [2.45, 2.75) is 52.4 Å². The summed E-state index contributed by atoms with van der Waals surface area (Å²) in [6.45, 7) is 6.90. The molecule has 1 saturated carbocycles. The zero-order valence-electron chi connectivity index (χ0n) is 19.9. The molecule has 6 nitrogen and oxygen atoms in total. The summed E-state index contributed by atoms with van der Waals surface area (Å²) in [7, 11) is 0. The number of halogens is 3. The third kappa shape index (κ3) is 5.13. The van der Waals surface area contributed by atoms with Gasteiger partial charge in [0.15, 0.2) is 0 Å². The van der Waals surface area contributed by atoms with Crippen LogP contribution in [0.15, 0.2) is 54.9 Å². The quantitative estimate of drug-likeness (QED) is 0.309. The number of alkyl halides is 3. The number of nitrogens with one attached hydrogen (secondary N) is 2. The van der Waals surface area contributed by atoms with Crippen LogP contribution in [-0.4, -0.2) is 26.1 Å². The molecule has 5 rings (SSSR count). The molecule has 2 heterocycles. The van der Waals surface area contributed by atoms with Crippen molar-refractivity contribution in [2.24, 2.45) is 11.3 Å². The summed E-state index contributed by atoms with van der Waals surface area (Å²) >= 11 is 0. The minimum absolute atomic E-state index is 0.198. The molecule has 35 heavy (non-hydrogen) atoms. The van der Waals surface area contributed by atoms with Gasteiger partial charge >= 0.3 is 6.36 Å². The summed E-state index contributed by atoms with van der Waals surface area (Å²) in [5.74, 6) is 0.978. The van der Waals surface area contributed by atoms with Gasteiger partial charge in [0, 0.05) is 23.5 Å². The molecule has 0 saturated heterocycles. The van der Waals surface area contributed by atoms with Gasteiger partial charge < -0.3 is 14.6 Å². The largest absolute Gasteiger partial charge is 0.573 e. The second-order valence-corrected chi connectivity index (χ2v) is 10.3. The Bertz CT molecular complexity index is 1310. The molecule has 2 aromatic heterocycles. The molecular weight excluding hydrogens is 455 g/mol. The maximum absolute atomic E-state index is 12.5. The van der Waals surface area contributed by atoms with Gasteiger partial charge in [0.25, 0.3) is 0 Å². The number of hydrogen-bond acceptors (Lipinski definition) is 4. The van der Waals surface area contributed by atoms with Crippen LogP contribution in [0.25, 0.3) is 22.2 Å². The fourth-order valence-corrected chi connectivity index (χ4v) is 5.51. The van der Waals surface area contributed by atoms with E-state index >= 15 is 0 Å². The van der Waals surface area contributed by atoms with E-state index in [1.807, 2.05) is 12.3 Å². The van der Waals surface area contributed by atoms with Crippen molar-refractivity contribution in [3.63, 3.8) is 0 Å². The Labute approximate surface area is 201 Å². The summed E-state index contributed by atoms with van der Waals surface area (Å²) in [4.78, 5) is 4.92. The van der Waals surface area contributed by atoms with E-state index in [1.165, 1.54) is 18.6 Å². The van der Waals surface area contributed by atoms with Gasteiger partial charge in [0.1, 0.15) is 5.75 Å². The predicted octanol–water partition coefficient (Wildman–Crippen LogP) is 7.46. The molecule has 0 bridgehead atoms. The number of anilines is 2. The number of aromatic nitrogens is 4. The van der Waals surface area contributed by atoms with Crippen LogP contribution < -0.4 is 10.1 Å². The van der Waals surface area contributed by atoms with Crippen molar-refractivity contribution in [3.05, 3.63) is 54.9 Å². The number of ether oxygens (including phenoxy) is 1. The zero-order chi connectivity index (χ0) is 24.8. The van der Waals surface area contributed by atoms with Crippen LogP contribution in [0, 0.1) is 11.3 Å². The van der Waals surface area contributed by atoms with Gasteiger partial charge in [-0.1, -0.05) is 26.8 Å². The minimum Gasteiger partial charge on any atom is -0.406 e. The Morgan fingerprint density at radius 1 is 1.09 bits per heavy atom. The Morgan fingerprint density at radius 3 is 2.51 bits per heavy atom. The lowest BCUT2D eigenvalue weighted by Crippen LogP contribution is -2.29. The van der Waals surface area contributed by atoms with Crippen LogP contribution in [0.1, 0.15) is 46.1 Å². The van der Waals surface area contributed by atoms with Crippen molar-refractivity contribution in [1.29, 1.82) is 0 Å². The topological polar surface area (TPSA) is 67.8 Å². The number of aromatic amines is 1. The van der Waals surface area contributed by atoms with E-state index in [-0.39, 0.29) is 17.2 Å². The Hall–Kier alpha value is -3.49. The molecule has 2 unspecified atom stereocenters. The number of rotatable bonds is 5. The zero-order valence-corrected chi connectivity index (χ0v) is 19.9. The summed E-state index contributed by atoms with van der Waals surface area (Å²) < 4.78 is 43.9. The molecule has 2 atom stereocenters. The Kier molecular flexibility index (Phi) is 5.73. The molecule has 0 aliphatic heterocycles. The number of hydrogen-bond donors (Lipinski definition) is 2. The van der Waals surface area contributed by atoms with Gasteiger partial charge in [0.2, 0.25) is 5.95 Å². The number of imidazole rings is 1. The normalized spacial score (nSPS) is 20.2. The molecular formula is C26H28F3N5O. The van der Waals surface area contributed by atoms with E-state index in [2.05, 4.69) is 57.7 Å². The number of fused-ring (bicyclic) bond motifs is 1. The lowest BCUT2D eigenvalue weighted by Gasteiger charge is -2.40. The van der Waals surface area contributed by atoms with E-state index < -0.39 is 6.36 Å². The first-order valence-electron chi connectivity index (χ1n) is 11.7. The fraction of sp³-hybridized carbons (Fsp3) is 0.385. The number of H-pyrrole nitrogens is 1. The highest BCUT2D eigenvalue weighted by molar-refractivity contribution is 5.85. The summed E-state index contributed by atoms with van der Waals surface area (Å²) in [6.07, 6.45) is 2.11. The SMILES string of the molecule is CC1CC(n2c(Nc3ccc(OC(F)(F)F)cc3)nc3cc(-c4cn[nH]c4)ccc32)CC(C)(C)C1. The second kappa shape index (κ2) is 8.62. The monoisotopic (exact) mass is 483 g/mol. The average Bonchev–Trinajstić information content (AvgIpc) is 3.40. The molecule has 2 aromatic carbocycles. The molecule has 2 N–H and O–H groups in total. The predicted molar refractivity (Wildman–Crippen MR) is 130 cm³/mol. The highest BCUT2D eigenvalue weighted by Crippen LogP contribution is 2.46. The van der Waals surface area contributed by atoms with Crippen molar-refractivity contribution in [2.75, 3.05) is 5.32 Å². The maximum atomic E-state index is 12.5. The average molecular weight is 484 g/mol. The van der Waals surface area contributed by atoms with Crippen LogP contribution >= 0.6 is 0 Å². The maximum Gasteiger partial charge on any atom is 0.573 e. The standard InChI is InChI=1S/C26H28F3N5O/c1-16-10-20(13-25(2,3)12-16)34-23-9-4-17(18-14-30-31-15-18)11-22(23)33-24(34)32-19-5-7-21(8-6-19)35-26(27,28)29/h4-9,11,14-16,20H,10,12-13H2,1-3H3,(H,30,31)(H,32,33). The van der Waals surface area contributed by atoms with E-state index in [0.29, 0.717) is 17.6 Å². The summed E-state index contributed by atoms with van der Waals surface area (Å²) in [5.41, 5.74) is 4.68. The Morgan fingerprint density at radius 2 is 1.86 bits per heavy atom. The fourth-order valence-electron chi connectivity index (χ4n) is 5.51. The van der Waals surface area contributed by atoms with Crippen LogP contribution in [0.3, 0.4) is 0 Å². The van der Waals surface area contributed by atoms with Gasteiger partial charge in [-0.3, -0.25) is 5.10 Å². The lowest BCUT2D eigenvalue weighted by molar-refractivity contribution is -0.274. The molecule has 4 aromatic rings.